The zero-order valence-corrected chi connectivity index (χ0v) is 21.8. The van der Waals surface area contributed by atoms with Gasteiger partial charge in [-0.3, -0.25) is 0 Å². The molecule has 0 saturated carbocycles. The van der Waals surface area contributed by atoms with Crippen LogP contribution in [0.15, 0.2) is 60.7 Å². The van der Waals surface area contributed by atoms with Crippen molar-refractivity contribution in [2.24, 2.45) is 0 Å². The molecule has 0 unspecified atom stereocenters. The smallest absolute Gasteiger partial charge is 0.261 e. The lowest BCUT2D eigenvalue weighted by Crippen LogP contribution is -2.69. The van der Waals surface area contributed by atoms with E-state index in [0.717, 1.165) is 0 Å². The third kappa shape index (κ3) is 4.68. The molecule has 2 aromatic carbocycles. The summed E-state index contributed by atoms with van der Waals surface area (Å²) in [7, 11) is 0.326. The molecule has 2 aromatic rings. The Morgan fingerprint density at radius 2 is 1.24 bits per heavy atom. The summed E-state index contributed by atoms with van der Waals surface area (Å²) in [5, 5.41) is 12.3. The van der Waals surface area contributed by atoms with Gasteiger partial charge in [-0.15, -0.1) is 0 Å². The van der Waals surface area contributed by atoms with Crippen molar-refractivity contribution in [3.05, 3.63) is 60.7 Å². The fourth-order valence-corrected chi connectivity index (χ4v) is 9.25. The van der Waals surface area contributed by atoms with E-state index in [0.29, 0.717) is 0 Å². The van der Waals surface area contributed by atoms with Crippen molar-refractivity contribution in [2.75, 3.05) is 27.4 Å². The predicted molar refractivity (Wildman–Crippen MR) is 131 cm³/mol. The molecule has 7 heteroatoms. The monoisotopic (exact) mass is 474 g/mol. The standard InChI is InChI=1S/C26H38O6Si/c1-24(2,3)33(20-14-10-8-11-15-20,21-16-12-9-13-17-21)30-19-23-22(18-27)31-25(4,28-6)26(5,29-7)32-23/h8-17,22-23,27H,18-19H2,1-7H3/t22-,23-,25+,26+/m0/s1. The van der Waals surface area contributed by atoms with Crippen molar-refractivity contribution in [3.63, 3.8) is 0 Å². The van der Waals surface area contributed by atoms with Gasteiger partial charge in [-0.05, 0) is 29.3 Å². The molecular weight excluding hydrogens is 436 g/mol. The van der Waals surface area contributed by atoms with Crippen LogP contribution in [-0.2, 0) is 23.4 Å². The van der Waals surface area contributed by atoms with Crippen LogP contribution in [-0.4, -0.2) is 64.6 Å². The predicted octanol–water partition coefficient (Wildman–Crippen LogP) is 3.06. The van der Waals surface area contributed by atoms with E-state index in [2.05, 4.69) is 69.3 Å². The first-order valence-corrected chi connectivity index (χ1v) is 13.3. The summed E-state index contributed by atoms with van der Waals surface area (Å²) in [5.74, 6) is -2.35. The Morgan fingerprint density at radius 1 is 0.818 bits per heavy atom. The lowest BCUT2D eigenvalue weighted by molar-refractivity contribution is -0.451. The van der Waals surface area contributed by atoms with Crippen LogP contribution in [0.2, 0.25) is 5.04 Å². The molecule has 4 atom stereocenters. The summed E-state index contributed by atoms with van der Waals surface area (Å²) in [6.45, 7) is 10.2. The van der Waals surface area contributed by atoms with Crippen molar-refractivity contribution in [2.45, 2.75) is 63.4 Å². The van der Waals surface area contributed by atoms with Crippen LogP contribution in [0.4, 0.5) is 0 Å². The fourth-order valence-electron chi connectivity index (χ4n) is 4.68. The molecule has 1 fully saturated rings. The van der Waals surface area contributed by atoms with Crippen molar-refractivity contribution in [3.8, 4) is 0 Å². The molecular formula is C26H38O6Si. The van der Waals surface area contributed by atoms with Gasteiger partial charge >= 0.3 is 0 Å². The van der Waals surface area contributed by atoms with Crippen LogP contribution in [0, 0.1) is 0 Å². The topological polar surface area (TPSA) is 66.4 Å². The van der Waals surface area contributed by atoms with Crippen LogP contribution in [0.1, 0.15) is 34.6 Å². The second kappa shape index (κ2) is 9.96. The zero-order valence-electron chi connectivity index (χ0n) is 20.8. The average molecular weight is 475 g/mol. The second-order valence-electron chi connectivity index (χ2n) is 9.77. The first-order valence-electron chi connectivity index (χ1n) is 11.4. The molecule has 1 aliphatic rings. The van der Waals surface area contributed by atoms with Gasteiger partial charge in [0.25, 0.3) is 8.32 Å². The lowest BCUT2D eigenvalue weighted by Gasteiger charge is -2.52. The molecule has 1 heterocycles. The summed E-state index contributed by atoms with van der Waals surface area (Å²) in [4.78, 5) is 0. The van der Waals surface area contributed by atoms with Gasteiger partial charge in [0.2, 0.25) is 11.6 Å². The van der Waals surface area contributed by atoms with Crippen LogP contribution in [0.25, 0.3) is 0 Å². The van der Waals surface area contributed by atoms with Crippen LogP contribution in [0.3, 0.4) is 0 Å². The SMILES string of the molecule is CO[C@]1(C)O[C@@H](CO)[C@H](CO[Si](c2ccccc2)(c2ccccc2)C(C)(C)C)O[C@@]1(C)OC. The number of hydrogen-bond acceptors (Lipinski definition) is 6. The molecule has 1 saturated heterocycles. The second-order valence-corrected chi connectivity index (χ2v) is 14.1. The third-order valence-electron chi connectivity index (χ3n) is 6.83. The highest BCUT2D eigenvalue weighted by Crippen LogP contribution is 2.41. The summed E-state index contributed by atoms with van der Waals surface area (Å²) < 4.78 is 30.8. The Kier molecular flexibility index (Phi) is 7.85. The molecule has 0 amide bonds. The summed E-state index contributed by atoms with van der Waals surface area (Å²) >= 11 is 0. The molecule has 0 radical (unpaired) electrons. The van der Waals surface area contributed by atoms with E-state index in [9.17, 15) is 5.11 Å². The molecule has 0 aliphatic carbocycles. The minimum atomic E-state index is -2.77. The summed E-state index contributed by atoms with van der Waals surface area (Å²) in [6, 6.07) is 20.8. The van der Waals surface area contributed by atoms with Crippen molar-refractivity contribution >= 4 is 18.7 Å². The normalized spacial score (nSPS) is 28.6. The maximum absolute atomic E-state index is 10.1. The minimum absolute atomic E-state index is 0.175. The van der Waals surface area contributed by atoms with E-state index < -0.39 is 32.1 Å². The number of benzene rings is 2. The van der Waals surface area contributed by atoms with E-state index in [1.165, 1.54) is 17.5 Å². The van der Waals surface area contributed by atoms with E-state index in [-0.39, 0.29) is 18.3 Å². The molecule has 182 valence electrons. The molecule has 6 nitrogen and oxygen atoms in total. The van der Waals surface area contributed by atoms with Gasteiger partial charge in [0.05, 0.1) is 13.2 Å². The number of ether oxygens (including phenoxy) is 4. The molecule has 33 heavy (non-hydrogen) atoms. The maximum Gasteiger partial charge on any atom is 0.261 e. The number of aliphatic hydroxyl groups is 1. The average Bonchev–Trinajstić information content (AvgIpc) is 2.82. The first kappa shape index (κ1) is 26.0. The minimum Gasteiger partial charge on any atom is -0.405 e. The fraction of sp³-hybridized carbons (Fsp3) is 0.538. The van der Waals surface area contributed by atoms with Gasteiger partial charge in [0, 0.05) is 14.2 Å². The van der Waals surface area contributed by atoms with Gasteiger partial charge in [-0.1, -0.05) is 81.4 Å². The van der Waals surface area contributed by atoms with Crippen molar-refractivity contribution in [1.82, 2.24) is 0 Å². The highest BCUT2D eigenvalue weighted by Gasteiger charge is 2.57. The number of aliphatic hydroxyl groups excluding tert-OH is 1. The Labute approximate surface area is 198 Å². The van der Waals surface area contributed by atoms with Gasteiger partial charge in [0.15, 0.2) is 0 Å². The Morgan fingerprint density at radius 3 is 1.61 bits per heavy atom. The Hall–Kier alpha value is -1.58. The largest absolute Gasteiger partial charge is 0.405 e. The molecule has 0 aromatic heterocycles. The lowest BCUT2D eigenvalue weighted by atomic mass is 10.0. The zero-order chi connectivity index (χ0) is 24.3. The van der Waals surface area contributed by atoms with Crippen LogP contribution >= 0.6 is 0 Å². The summed E-state index contributed by atoms with van der Waals surface area (Å²) in [5.41, 5.74) is 0. The van der Waals surface area contributed by atoms with E-state index >= 15 is 0 Å². The van der Waals surface area contributed by atoms with Crippen LogP contribution < -0.4 is 10.4 Å². The van der Waals surface area contributed by atoms with Crippen LogP contribution in [0.5, 0.6) is 0 Å². The number of methoxy groups -OCH3 is 2. The Balaban J connectivity index is 2.02. The van der Waals surface area contributed by atoms with E-state index in [1.54, 1.807) is 21.0 Å². The van der Waals surface area contributed by atoms with Crippen molar-refractivity contribution in [1.29, 1.82) is 0 Å². The number of rotatable bonds is 8. The molecule has 0 spiro atoms. The highest BCUT2D eigenvalue weighted by molar-refractivity contribution is 6.99. The number of hydrogen-bond donors (Lipinski definition) is 1. The first-order chi connectivity index (χ1) is 15.6. The maximum atomic E-state index is 10.1. The van der Waals surface area contributed by atoms with Gasteiger partial charge < -0.3 is 28.5 Å². The third-order valence-corrected chi connectivity index (χ3v) is 11.8. The highest BCUT2D eigenvalue weighted by atomic mass is 28.4. The van der Waals surface area contributed by atoms with Gasteiger partial charge in [-0.2, -0.15) is 0 Å². The molecule has 1 aliphatic heterocycles. The van der Waals surface area contributed by atoms with E-state index in [4.69, 9.17) is 23.4 Å². The Bertz CT molecular complexity index is 847. The molecule has 1 N–H and O–H groups in total. The molecule has 0 bridgehead atoms. The molecule has 3 rings (SSSR count). The van der Waals surface area contributed by atoms with Crippen molar-refractivity contribution < 1.29 is 28.5 Å². The van der Waals surface area contributed by atoms with Gasteiger partial charge in [0.1, 0.15) is 12.2 Å². The summed E-state index contributed by atoms with van der Waals surface area (Å²) in [6.07, 6.45) is -1.18. The van der Waals surface area contributed by atoms with E-state index in [1.807, 2.05) is 12.1 Å². The van der Waals surface area contributed by atoms with Gasteiger partial charge in [-0.25, -0.2) is 0 Å². The quantitative estimate of drug-likeness (QED) is 0.593.